The Bertz CT molecular complexity index is 86.9. The number of hydrogen-bond donors (Lipinski definition) is 0. The highest BCUT2D eigenvalue weighted by molar-refractivity contribution is 4.81. The lowest BCUT2D eigenvalue weighted by Crippen LogP contribution is -1.82. The van der Waals surface area contributed by atoms with Crippen LogP contribution < -0.4 is 0 Å². The Balaban J connectivity index is 2.91. The molecule has 11 heavy (non-hydrogen) atoms. The highest BCUT2D eigenvalue weighted by Crippen LogP contribution is 1.99. The van der Waals surface area contributed by atoms with E-state index in [0.717, 1.165) is 6.61 Å². The predicted octanol–water partition coefficient (Wildman–Crippen LogP) is 3.32. The van der Waals surface area contributed by atoms with Gasteiger partial charge in [-0.2, -0.15) is 0 Å². The highest BCUT2D eigenvalue weighted by Gasteiger charge is 1.81. The van der Waals surface area contributed by atoms with Crippen molar-refractivity contribution in [2.75, 3.05) is 6.61 Å². The zero-order valence-electron chi connectivity index (χ0n) is 7.68. The molecule has 0 amide bonds. The monoisotopic (exact) mass is 155 g/mol. The normalized spacial score (nSPS) is 11.1. The molecule has 1 heteroatoms. The van der Waals surface area contributed by atoms with Crippen LogP contribution in [-0.2, 0) is 4.74 Å². The topological polar surface area (TPSA) is 9.23 Å². The lowest BCUT2D eigenvalue weighted by molar-refractivity contribution is 0.239. The lowest BCUT2D eigenvalue weighted by atomic mass is 10.2. The molecule has 0 heterocycles. The van der Waals surface area contributed by atoms with Gasteiger partial charge in [-0.3, -0.25) is 0 Å². The van der Waals surface area contributed by atoms with E-state index in [-0.39, 0.29) is 0 Å². The Kier molecular flexibility index (Phi) is 9.44. The van der Waals surface area contributed by atoms with E-state index in [1.165, 1.54) is 25.7 Å². The number of ether oxygens (including phenoxy) is 1. The largest absolute Gasteiger partial charge is 0.372 e. The Labute approximate surface area is 70.4 Å². The molecule has 0 aromatic rings. The van der Waals surface area contributed by atoms with Gasteiger partial charge in [-0.05, 0) is 19.8 Å². The van der Waals surface area contributed by atoms with Gasteiger partial charge in [0.05, 0.1) is 13.2 Å². The second kappa shape index (κ2) is 9.70. The zero-order chi connectivity index (χ0) is 8.36. The van der Waals surface area contributed by atoms with E-state index in [1.54, 1.807) is 6.61 Å². The van der Waals surface area contributed by atoms with Gasteiger partial charge in [-0.25, -0.2) is 0 Å². The van der Waals surface area contributed by atoms with Crippen molar-refractivity contribution in [3.05, 3.63) is 18.8 Å². The summed E-state index contributed by atoms with van der Waals surface area (Å²) in [5, 5.41) is 0. The number of unbranched alkanes of at least 4 members (excludes halogenated alkanes) is 3. The SMILES string of the molecule is C[CH]OCC=CCCCCC. The fourth-order valence-electron chi connectivity index (χ4n) is 0.850. The molecule has 0 aliphatic rings. The summed E-state index contributed by atoms with van der Waals surface area (Å²) in [5.41, 5.74) is 0. The first-order valence-corrected chi connectivity index (χ1v) is 4.46. The van der Waals surface area contributed by atoms with Gasteiger partial charge in [0.15, 0.2) is 0 Å². The minimum Gasteiger partial charge on any atom is -0.372 e. The second-order valence-corrected chi connectivity index (χ2v) is 2.54. The average Bonchev–Trinajstić information content (AvgIpc) is 2.03. The molecule has 65 valence electrons. The van der Waals surface area contributed by atoms with Gasteiger partial charge in [-0.1, -0.05) is 31.9 Å². The summed E-state index contributed by atoms with van der Waals surface area (Å²) in [6, 6.07) is 0. The molecular weight excluding hydrogens is 136 g/mol. The minimum atomic E-state index is 0.725. The van der Waals surface area contributed by atoms with E-state index in [4.69, 9.17) is 4.74 Å². The third-order valence-corrected chi connectivity index (χ3v) is 1.50. The maximum Gasteiger partial charge on any atom is 0.0810 e. The molecule has 0 rings (SSSR count). The first-order valence-electron chi connectivity index (χ1n) is 4.46. The van der Waals surface area contributed by atoms with Crippen molar-refractivity contribution in [3.63, 3.8) is 0 Å². The predicted molar refractivity (Wildman–Crippen MR) is 49.2 cm³/mol. The zero-order valence-corrected chi connectivity index (χ0v) is 7.68. The maximum atomic E-state index is 5.03. The molecule has 0 saturated carbocycles. The van der Waals surface area contributed by atoms with Crippen molar-refractivity contribution in [3.8, 4) is 0 Å². The van der Waals surface area contributed by atoms with E-state index >= 15 is 0 Å². The van der Waals surface area contributed by atoms with E-state index in [1.807, 2.05) is 6.92 Å². The second-order valence-electron chi connectivity index (χ2n) is 2.54. The van der Waals surface area contributed by atoms with Gasteiger partial charge in [0.25, 0.3) is 0 Å². The lowest BCUT2D eigenvalue weighted by Gasteiger charge is -1.93. The molecule has 0 fully saturated rings. The Hall–Kier alpha value is -0.300. The molecule has 0 aromatic carbocycles. The van der Waals surface area contributed by atoms with Crippen molar-refractivity contribution in [1.29, 1.82) is 0 Å². The first kappa shape index (κ1) is 10.7. The molecule has 0 atom stereocenters. The van der Waals surface area contributed by atoms with Gasteiger partial charge < -0.3 is 4.74 Å². The van der Waals surface area contributed by atoms with Crippen LogP contribution in [-0.4, -0.2) is 6.61 Å². The Morgan fingerprint density at radius 2 is 2.00 bits per heavy atom. The van der Waals surface area contributed by atoms with Crippen LogP contribution in [0.5, 0.6) is 0 Å². The molecule has 0 bridgehead atoms. The van der Waals surface area contributed by atoms with Crippen LogP contribution in [0, 0.1) is 6.61 Å². The molecular formula is C10H19O. The molecule has 0 aromatic heterocycles. The number of allylic oxidation sites excluding steroid dienone is 1. The van der Waals surface area contributed by atoms with E-state index < -0.39 is 0 Å². The van der Waals surface area contributed by atoms with Gasteiger partial charge in [0.2, 0.25) is 0 Å². The van der Waals surface area contributed by atoms with Gasteiger partial charge in [0, 0.05) is 0 Å². The standard InChI is InChI=1S/C10H19O/c1-3-5-6-7-8-9-10-11-4-2/h4,8-9H,3,5-7,10H2,1-2H3. The van der Waals surface area contributed by atoms with Crippen molar-refractivity contribution in [2.45, 2.75) is 39.5 Å². The molecule has 0 aliphatic carbocycles. The summed E-state index contributed by atoms with van der Waals surface area (Å²) in [5.74, 6) is 0. The summed E-state index contributed by atoms with van der Waals surface area (Å²) in [4.78, 5) is 0. The van der Waals surface area contributed by atoms with Crippen LogP contribution in [0.3, 0.4) is 0 Å². The molecule has 0 aliphatic heterocycles. The molecule has 0 saturated heterocycles. The summed E-state index contributed by atoms with van der Waals surface area (Å²) < 4.78 is 5.03. The van der Waals surface area contributed by atoms with E-state index in [2.05, 4.69) is 19.1 Å². The summed E-state index contributed by atoms with van der Waals surface area (Å²) in [7, 11) is 0. The Morgan fingerprint density at radius 1 is 1.18 bits per heavy atom. The van der Waals surface area contributed by atoms with Crippen LogP contribution in [0.1, 0.15) is 39.5 Å². The third-order valence-electron chi connectivity index (χ3n) is 1.50. The number of hydrogen-bond acceptors (Lipinski definition) is 1. The summed E-state index contributed by atoms with van der Waals surface area (Å²) in [6.07, 6.45) is 9.41. The van der Waals surface area contributed by atoms with Crippen LogP contribution in [0.25, 0.3) is 0 Å². The van der Waals surface area contributed by atoms with Crippen LogP contribution in [0.2, 0.25) is 0 Å². The fourth-order valence-corrected chi connectivity index (χ4v) is 0.850. The van der Waals surface area contributed by atoms with Gasteiger partial charge >= 0.3 is 0 Å². The van der Waals surface area contributed by atoms with Crippen LogP contribution >= 0.6 is 0 Å². The van der Waals surface area contributed by atoms with Gasteiger partial charge in [-0.15, -0.1) is 0 Å². The van der Waals surface area contributed by atoms with Gasteiger partial charge in [0.1, 0.15) is 0 Å². The molecule has 0 N–H and O–H groups in total. The minimum absolute atomic E-state index is 0.725. The quantitative estimate of drug-likeness (QED) is 0.405. The van der Waals surface area contributed by atoms with Crippen molar-refractivity contribution < 1.29 is 4.74 Å². The third kappa shape index (κ3) is 9.70. The first-order chi connectivity index (χ1) is 5.41. The van der Waals surface area contributed by atoms with E-state index in [9.17, 15) is 0 Å². The van der Waals surface area contributed by atoms with Crippen LogP contribution in [0.4, 0.5) is 0 Å². The van der Waals surface area contributed by atoms with E-state index in [0.29, 0.717) is 0 Å². The maximum absolute atomic E-state index is 5.03. The van der Waals surface area contributed by atoms with Crippen molar-refractivity contribution >= 4 is 0 Å². The molecule has 0 spiro atoms. The highest BCUT2D eigenvalue weighted by atomic mass is 16.5. The summed E-state index contributed by atoms with van der Waals surface area (Å²) in [6.45, 7) is 6.56. The summed E-state index contributed by atoms with van der Waals surface area (Å²) >= 11 is 0. The van der Waals surface area contributed by atoms with Crippen LogP contribution in [0.15, 0.2) is 12.2 Å². The smallest absolute Gasteiger partial charge is 0.0810 e. The molecule has 1 radical (unpaired) electrons. The van der Waals surface area contributed by atoms with Crippen molar-refractivity contribution in [1.82, 2.24) is 0 Å². The Morgan fingerprint density at radius 3 is 2.64 bits per heavy atom. The molecule has 1 nitrogen and oxygen atoms in total. The fraction of sp³-hybridized carbons (Fsp3) is 0.700. The van der Waals surface area contributed by atoms with Crippen molar-refractivity contribution in [2.24, 2.45) is 0 Å². The average molecular weight is 155 g/mol. The number of rotatable bonds is 7. The molecule has 0 unspecified atom stereocenters.